The van der Waals surface area contributed by atoms with Gasteiger partial charge in [-0.05, 0) is 62.7 Å². The van der Waals surface area contributed by atoms with E-state index >= 15 is 0 Å². The first-order valence-electron chi connectivity index (χ1n) is 5.67. The number of aryl methyl sites for hydroxylation is 2. The molecule has 1 rings (SSSR count). The lowest BCUT2D eigenvalue weighted by Gasteiger charge is -2.15. The van der Waals surface area contributed by atoms with Crippen LogP contribution in [0.1, 0.15) is 31.4 Å². The zero-order chi connectivity index (χ0) is 12.1. The molecule has 0 fully saturated rings. The van der Waals surface area contributed by atoms with Crippen molar-refractivity contribution in [3.05, 3.63) is 29.3 Å². The third kappa shape index (κ3) is 3.81. The summed E-state index contributed by atoms with van der Waals surface area (Å²) >= 11 is 5.23. The fourth-order valence-electron chi connectivity index (χ4n) is 1.31. The van der Waals surface area contributed by atoms with Gasteiger partial charge in [0.05, 0.1) is 0 Å². The Morgan fingerprint density at radius 3 is 2.56 bits per heavy atom. The molecule has 0 aromatic heterocycles. The van der Waals surface area contributed by atoms with E-state index in [-0.39, 0.29) is 0 Å². The van der Waals surface area contributed by atoms with Gasteiger partial charge >= 0.3 is 0 Å². The van der Waals surface area contributed by atoms with Crippen LogP contribution in [-0.4, -0.2) is 11.2 Å². The van der Waals surface area contributed by atoms with Crippen molar-refractivity contribution in [2.24, 2.45) is 0 Å². The predicted molar refractivity (Wildman–Crippen MR) is 75.0 cm³/mol. The molecule has 3 heteroatoms. The van der Waals surface area contributed by atoms with Gasteiger partial charge in [-0.3, -0.25) is 0 Å². The summed E-state index contributed by atoms with van der Waals surface area (Å²) in [6.07, 6.45) is 1.06. The zero-order valence-corrected chi connectivity index (χ0v) is 11.2. The molecule has 0 saturated heterocycles. The summed E-state index contributed by atoms with van der Waals surface area (Å²) in [5.74, 6) is 0. The summed E-state index contributed by atoms with van der Waals surface area (Å²) in [7, 11) is 0. The van der Waals surface area contributed by atoms with Gasteiger partial charge in [0.15, 0.2) is 5.11 Å². The van der Waals surface area contributed by atoms with E-state index in [0.717, 1.165) is 12.1 Å². The Bertz CT molecular complexity index is 374. The van der Waals surface area contributed by atoms with Gasteiger partial charge < -0.3 is 10.6 Å². The van der Waals surface area contributed by atoms with Gasteiger partial charge in [-0.15, -0.1) is 0 Å². The molecule has 88 valence electrons. The molecule has 2 N–H and O–H groups in total. The Kier molecular flexibility index (Phi) is 4.74. The number of rotatable bonds is 3. The molecular weight excluding hydrogens is 216 g/mol. The molecule has 0 spiro atoms. The standard InChI is InChI=1S/C13H20N2S/c1-5-11(4)14-13(16)15-12-7-6-9(2)10(3)8-12/h6-8,11H,5H2,1-4H3,(H2,14,15,16)/t11-/m1/s1. The van der Waals surface area contributed by atoms with Crippen LogP contribution in [0.25, 0.3) is 0 Å². The highest BCUT2D eigenvalue weighted by Gasteiger charge is 2.02. The number of hydrogen-bond donors (Lipinski definition) is 2. The van der Waals surface area contributed by atoms with Crippen LogP contribution in [0.5, 0.6) is 0 Å². The van der Waals surface area contributed by atoms with Crippen molar-refractivity contribution in [2.45, 2.75) is 40.2 Å². The second-order valence-corrected chi connectivity index (χ2v) is 4.62. The lowest BCUT2D eigenvalue weighted by atomic mass is 10.1. The quantitative estimate of drug-likeness (QED) is 0.787. The van der Waals surface area contributed by atoms with E-state index in [9.17, 15) is 0 Å². The number of nitrogens with one attached hydrogen (secondary N) is 2. The van der Waals surface area contributed by atoms with Crippen LogP contribution in [0.15, 0.2) is 18.2 Å². The highest BCUT2D eigenvalue weighted by atomic mass is 32.1. The smallest absolute Gasteiger partial charge is 0.170 e. The zero-order valence-electron chi connectivity index (χ0n) is 10.4. The third-order valence-corrected chi connectivity index (χ3v) is 2.97. The number of hydrogen-bond acceptors (Lipinski definition) is 1. The van der Waals surface area contributed by atoms with Crippen molar-refractivity contribution in [1.29, 1.82) is 0 Å². The Morgan fingerprint density at radius 1 is 1.31 bits per heavy atom. The minimum Gasteiger partial charge on any atom is -0.360 e. The largest absolute Gasteiger partial charge is 0.360 e. The van der Waals surface area contributed by atoms with E-state index in [2.05, 4.69) is 50.5 Å². The first kappa shape index (κ1) is 13.0. The lowest BCUT2D eigenvalue weighted by Crippen LogP contribution is -2.35. The van der Waals surface area contributed by atoms with Gasteiger partial charge in [0.2, 0.25) is 0 Å². The molecule has 0 bridgehead atoms. The summed E-state index contributed by atoms with van der Waals surface area (Å²) in [5.41, 5.74) is 3.62. The van der Waals surface area contributed by atoms with Crippen LogP contribution in [0.4, 0.5) is 5.69 Å². The Hall–Kier alpha value is -1.09. The molecule has 0 saturated carbocycles. The molecule has 0 unspecified atom stereocenters. The normalized spacial score (nSPS) is 12.0. The monoisotopic (exact) mass is 236 g/mol. The van der Waals surface area contributed by atoms with Crippen molar-refractivity contribution in [3.8, 4) is 0 Å². The molecule has 16 heavy (non-hydrogen) atoms. The van der Waals surface area contributed by atoms with Gasteiger partial charge in [-0.25, -0.2) is 0 Å². The first-order chi connectivity index (χ1) is 7.52. The Labute approximate surface area is 103 Å². The summed E-state index contributed by atoms with van der Waals surface area (Å²) in [6.45, 7) is 8.46. The maximum absolute atomic E-state index is 5.23. The molecule has 0 aliphatic heterocycles. The van der Waals surface area contributed by atoms with Crippen LogP contribution < -0.4 is 10.6 Å². The average Bonchev–Trinajstić information content (AvgIpc) is 2.23. The summed E-state index contributed by atoms with van der Waals surface area (Å²) in [5, 5.41) is 7.12. The second-order valence-electron chi connectivity index (χ2n) is 4.21. The van der Waals surface area contributed by atoms with Crippen molar-refractivity contribution in [3.63, 3.8) is 0 Å². The maximum Gasteiger partial charge on any atom is 0.170 e. The van der Waals surface area contributed by atoms with Crippen molar-refractivity contribution >= 4 is 23.0 Å². The third-order valence-electron chi connectivity index (χ3n) is 2.75. The average molecular weight is 236 g/mol. The minimum atomic E-state index is 0.409. The fraction of sp³-hybridized carbons (Fsp3) is 0.462. The molecule has 1 atom stereocenters. The Morgan fingerprint density at radius 2 is 2.00 bits per heavy atom. The first-order valence-corrected chi connectivity index (χ1v) is 6.08. The van der Waals surface area contributed by atoms with E-state index in [1.54, 1.807) is 0 Å². The number of benzene rings is 1. The van der Waals surface area contributed by atoms with Gasteiger partial charge in [0.1, 0.15) is 0 Å². The molecule has 0 radical (unpaired) electrons. The van der Waals surface area contributed by atoms with E-state index < -0.39 is 0 Å². The van der Waals surface area contributed by atoms with Crippen LogP contribution in [0.3, 0.4) is 0 Å². The van der Waals surface area contributed by atoms with Gasteiger partial charge in [0, 0.05) is 11.7 Å². The topological polar surface area (TPSA) is 24.1 Å². The predicted octanol–water partition coefficient (Wildman–Crippen LogP) is 3.39. The van der Waals surface area contributed by atoms with Crippen LogP contribution in [-0.2, 0) is 0 Å². The summed E-state index contributed by atoms with van der Waals surface area (Å²) in [4.78, 5) is 0. The molecule has 0 amide bonds. The number of anilines is 1. The highest BCUT2D eigenvalue weighted by molar-refractivity contribution is 7.80. The molecule has 1 aromatic carbocycles. The molecule has 0 heterocycles. The Balaban J connectivity index is 2.59. The molecule has 2 nitrogen and oxygen atoms in total. The molecular formula is C13H20N2S. The van der Waals surface area contributed by atoms with Gasteiger partial charge in [-0.2, -0.15) is 0 Å². The lowest BCUT2D eigenvalue weighted by molar-refractivity contribution is 0.646. The van der Waals surface area contributed by atoms with Gasteiger partial charge in [0.25, 0.3) is 0 Å². The van der Waals surface area contributed by atoms with Crippen LogP contribution >= 0.6 is 12.2 Å². The molecule has 1 aromatic rings. The van der Waals surface area contributed by atoms with Crippen LogP contribution in [0, 0.1) is 13.8 Å². The highest BCUT2D eigenvalue weighted by Crippen LogP contribution is 2.13. The SMILES string of the molecule is CC[C@@H](C)NC(=S)Nc1ccc(C)c(C)c1. The van der Waals surface area contributed by atoms with Crippen molar-refractivity contribution in [1.82, 2.24) is 5.32 Å². The van der Waals surface area contributed by atoms with E-state index in [4.69, 9.17) is 12.2 Å². The molecule has 0 aliphatic rings. The second kappa shape index (κ2) is 5.85. The fourth-order valence-corrected chi connectivity index (χ4v) is 1.63. The van der Waals surface area contributed by atoms with Crippen molar-refractivity contribution in [2.75, 3.05) is 5.32 Å². The molecule has 0 aliphatic carbocycles. The minimum absolute atomic E-state index is 0.409. The number of thiocarbonyl (C=S) groups is 1. The van der Waals surface area contributed by atoms with E-state index in [1.807, 2.05) is 6.07 Å². The van der Waals surface area contributed by atoms with Crippen molar-refractivity contribution < 1.29 is 0 Å². The van der Waals surface area contributed by atoms with E-state index in [0.29, 0.717) is 11.2 Å². The summed E-state index contributed by atoms with van der Waals surface area (Å²) in [6, 6.07) is 6.67. The maximum atomic E-state index is 5.23. The van der Waals surface area contributed by atoms with Crippen LogP contribution in [0.2, 0.25) is 0 Å². The van der Waals surface area contributed by atoms with E-state index in [1.165, 1.54) is 11.1 Å². The summed E-state index contributed by atoms with van der Waals surface area (Å²) < 4.78 is 0. The van der Waals surface area contributed by atoms with Gasteiger partial charge in [-0.1, -0.05) is 13.0 Å².